The van der Waals surface area contributed by atoms with Gasteiger partial charge in [0.05, 0.1) is 11.8 Å². The van der Waals surface area contributed by atoms with Crippen LogP contribution in [0.3, 0.4) is 0 Å². The molecule has 0 radical (unpaired) electrons. The molecule has 3 aromatic rings. The summed E-state index contributed by atoms with van der Waals surface area (Å²) in [5.74, 6) is 0.452. The van der Waals surface area contributed by atoms with Gasteiger partial charge in [-0.05, 0) is 54.6 Å². The predicted molar refractivity (Wildman–Crippen MR) is 111 cm³/mol. The molecule has 0 saturated heterocycles. The van der Waals surface area contributed by atoms with Crippen LogP contribution >= 0.6 is 15.9 Å². The van der Waals surface area contributed by atoms with E-state index in [1.807, 2.05) is 0 Å². The van der Waals surface area contributed by atoms with Gasteiger partial charge in [-0.1, -0.05) is 15.9 Å². The van der Waals surface area contributed by atoms with Gasteiger partial charge in [0, 0.05) is 10.0 Å². The van der Waals surface area contributed by atoms with Crippen LogP contribution in [0.15, 0.2) is 74.4 Å². The minimum Gasteiger partial charge on any atom is -0.459 e. The number of carbonyl (C=O) groups excluding carboxylic acids is 2. The Morgan fingerprint density at radius 2 is 1.97 bits per heavy atom. The maximum Gasteiger partial charge on any atom is 0.363 e. The summed E-state index contributed by atoms with van der Waals surface area (Å²) in [6, 6.07) is 13.1. The molecule has 0 saturated carbocycles. The summed E-state index contributed by atoms with van der Waals surface area (Å²) in [6.07, 6.45) is 2.93. The van der Waals surface area contributed by atoms with Crippen molar-refractivity contribution in [3.05, 3.63) is 81.9 Å². The second-order valence-electron chi connectivity index (χ2n) is 6.45. The van der Waals surface area contributed by atoms with Crippen LogP contribution < -0.4 is 14.2 Å². The number of furan rings is 1. The summed E-state index contributed by atoms with van der Waals surface area (Å²) in [7, 11) is 0. The predicted octanol–water partition coefficient (Wildman–Crippen LogP) is 4.33. The van der Waals surface area contributed by atoms with Crippen molar-refractivity contribution in [2.45, 2.75) is 0 Å². The number of nitrogens with zero attached hydrogens (tertiary/aromatic N) is 1. The lowest BCUT2D eigenvalue weighted by atomic mass is 10.1. The van der Waals surface area contributed by atoms with E-state index in [0.717, 1.165) is 4.47 Å². The fraction of sp³-hybridized carbons (Fsp3) is 0.0455. The highest BCUT2D eigenvalue weighted by Crippen LogP contribution is 2.33. The third-order valence-corrected chi connectivity index (χ3v) is 4.92. The van der Waals surface area contributed by atoms with Crippen molar-refractivity contribution in [2.24, 2.45) is 4.99 Å². The van der Waals surface area contributed by atoms with E-state index in [-0.39, 0.29) is 24.1 Å². The van der Waals surface area contributed by atoms with Crippen LogP contribution in [0.25, 0.3) is 6.08 Å². The quantitative estimate of drug-likeness (QED) is 0.310. The first-order chi connectivity index (χ1) is 15.1. The number of benzene rings is 2. The topological polar surface area (TPSA) is 96.6 Å². The fourth-order valence-electron chi connectivity index (χ4n) is 2.97. The minimum atomic E-state index is -0.639. The van der Waals surface area contributed by atoms with Gasteiger partial charge in [-0.2, -0.15) is 0 Å². The molecule has 31 heavy (non-hydrogen) atoms. The van der Waals surface area contributed by atoms with Crippen LogP contribution in [0.1, 0.15) is 21.7 Å². The van der Waals surface area contributed by atoms with Gasteiger partial charge in [-0.25, -0.2) is 14.6 Å². The summed E-state index contributed by atoms with van der Waals surface area (Å²) in [5.41, 5.74) is 0.800. The van der Waals surface area contributed by atoms with Gasteiger partial charge in [-0.15, -0.1) is 0 Å². The average molecular weight is 482 g/mol. The first-order valence-electron chi connectivity index (χ1n) is 9.05. The first kappa shape index (κ1) is 19.1. The van der Waals surface area contributed by atoms with E-state index < -0.39 is 11.9 Å². The number of cyclic esters (lactones) is 1. The number of halogens is 1. The Morgan fingerprint density at radius 3 is 2.81 bits per heavy atom. The zero-order valence-electron chi connectivity index (χ0n) is 15.7. The maximum absolute atomic E-state index is 12.7. The number of esters is 2. The van der Waals surface area contributed by atoms with Crippen LogP contribution in [0.4, 0.5) is 0 Å². The lowest BCUT2D eigenvalue weighted by molar-refractivity contribution is -0.130. The Labute approximate surface area is 183 Å². The van der Waals surface area contributed by atoms with Crippen LogP contribution in [0.5, 0.6) is 17.2 Å². The average Bonchev–Trinajstić information content (AvgIpc) is 3.51. The van der Waals surface area contributed by atoms with E-state index in [4.69, 9.17) is 23.4 Å². The first-order valence-corrected chi connectivity index (χ1v) is 9.84. The van der Waals surface area contributed by atoms with Gasteiger partial charge in [0.2, 0.25) is 6.79 Å². The summed E-state index contributed by atoms with van der Waals surface area (Å²) in [4.78, 5) is 29.1. The van der Waals surface area contributed by atoms with E-state index in [1.165, 1.54) is 12.3 Å². The fourth-order valence-corrected chi connectivity index (χ4v) is 3.35. The second kappa shape index (κ2) is 7.77. The third kappa shape index (κ3) is 3.82. The van der Waals surface area contributed by atoms with E-state index in [0.29, 0.717) is 28.4 Å². The largest absolute Gasteiger partial charge is 0.459 e. The molecule has 0 bridgehead atoms. The number of hydrogen-bond donors (Lipinski definition) is 0. The molecule has 1 aromatic heterocycles. The van der Waals surface area contributed by atoms with Crippen LogP contribution in [0.2, 0.25) is 0 Å². The molecule has 2 aromatic carbocycles. The lowest BCUT2D eigenvalue weighted by Crippen LogP contribution is -2.09. The smallest absolute Gasteiger partial charge is 0.363 e. The van der Waals surface area contributed by atoms with E-state index in [2.05, 4.69) is 20.9 Å². The molecule has 0 N–H and O–H groups in total. The molecule has 2 aliphatic heterocycles. The Balaban J connectivity index is 1.44. The number of ether oxygens (including phenoxy) is 4. The third-order valence-electron chi connectivity index (χ3n) is 4.43. The van der Waals surface area contributed by atoms with Gasteiger partial charge in [0.1, 0.15) is 5.75 Å². The second-order valence-corrected chi connectivity index (χ2v) is 7.37. The van der Waals surface area contributed by atoms with Crippen molar-refractivity contribution in [3.63, 3.8) is 0 Å². The molecule has 0 aliphatic carbocycles. The molecule has 0 atom stereocenters. The van der Waals surface area contributed by atoms with Crippen molar-refractivity contribution >= 4 is 39.8 Å². The number of fused-ring (bicyclic) bond motifs is 1. The monoisotopic (exact) mass is 481 g/mol. The van der Waals surface area contributed by atoms with Gasteiger partial charge < -0.3 is 23.4 Å². The highest BCUT2D eigenvalue weighted by atomic mass is 79.9. The molecule has 8 nitrogen and oxygen atoms in total. The van der Waals surface area contributed by atoms with Crippen molar-refractivity contribution < 1.29 is 33.0 Å². The zero-order valence-corrected chi connectivity index (χ0v) is 17.2. The van der Waals surface area contributed by atoms with Gasteiger partial charge >= 0.3 is 11.9 Å². The Kier molecular flexibility index (Phi) is 4.79. The number of hydrogen-bond acceptors (Lipinski definition) is 8. The zero-order chi connectivity index (χ0) is 21.4. The number of aliphatic imine (C=N–C) groups is 1. The molecule has 154 valence electrons. The van der Waals surface area contributed by atoms with Crippen LogP contribution in [0, 0.1) is 0 Å². The van der Waals surface area contributed by atoms with E-state index in [1.54, 1.807) is 48.5 Å². The highest BCUT2D eigenvalue weighted by molar-refractivity contribution is 9.10. The highest BCUT2D eigenvalue weighted by Gasteiger charge is 2.26. The van der Waals surface area contributed by atoms with Crippen LogP contribution in [-0.2, 0) is 9.53 Å². The van der Waals surface area contributed by atoms with Crippen molar-refractivity contribution in [3.8, 4) is 17.2 Å². The molecule has 3 heterocycles. The molecule has 0 spiro atoms. The Morgan fingerprint density at radius 1 is 1.10 bits per heavy atom. The summed E-state index contributed by atoms with van der Waals surface area (Å²) in [6.45, 7) is 0.106. The molecule has 0 unspecified atom stereocenters. The summed E-state index contributed by atoms with van der Waals surface area (Å²) < 4.78 is 27.2. The van der Waals surface area contributed by atoms with Crippen molar-refractivity contribution in [1.29, 1.82) is 0 Å². The lowest BCUT2D eigenvalue weighted by Gasteiger charge is -2.09. The minimum absolute atomic E-state index is 0.0462. The van der Waals surface area contributed by atoms with Gasteiger partial charge in [-0.3, -0.25) is 0 Å². The summed E-state index contributed by atoms with van der Waals surface area (Å²) >= 11 is 3.38. The van der Waals surface area contributed by atoms with Crippen LogP contribution in [-0.4, -0.2) is 24.6 Å². The van der Waals surface area contributed by atoms with Gasteiger partial charge in [0.15, 0.2) is 23.0 Å². The van der Waals surface area contributed by atoms with E-state index in [9.17, 15) is 9.59 Å². The van der Waals surface area contributed by atoms with Crippen molar-refractivity contribution in [1.82, 2.24) is 0 Å². The molecule has 0 amide bonds. The molecule has 2 aliphatic rings. The number of carbonyl (C=O) groups is 2. The Hall–Kier alpha value is -3.85. The van der Waals surface area contributed by atoms with E-state index >= 15 is 0 Å². The SMILES string of the molecule is O=C1OC(c2ccco2)=NC1=Cc1cc(Br)ccc1OC(=O)c1ccc2c(c1)OCO2. The van der Waals surface area contributed by atoms with Crippen molar-refractivity contribution in [2.75, 3.05) is 6.79 Å². The molecular formula is C22H12BrNO7. The van der Waals surface area contributed by atoms with Gasteiger partial charge in [0.25, 0.3) is 5.90 Å². The molecular weight excluding hydrogens is 470 g/mol. The molecule has 9 heteroatoms. The maximum atomic E-state index is 12.7. The molecule has 0 fully saturated rings. The Bertz CT molecular complexity index is 1260. The number of rotatable bonds is 4. The standard InChI is InChI=1S/C22H12BrNO7/c23-14-4-6-16(30-21(25)12-3-5-17-19(10-12)29-11-28-17)13(8-14)9-15-22(26)31-20(24-15)18-2-1-7-27-18/h1-10H,11H2. The summed E-state index contributed by atoms with van der Waals surface area (Å²) in [5, 5.41) is 0. The normalized spacial score (nSPS) is 15.7. The molecule has 5 rings (SSSR count).